The third-order valence-electron chi connectivity index (χ3n) is 3.71. The van der Waals surface area contributed by atoms with Crippen molar-refractivity contribution in [3.05, 3.63) is 41.9 Å². The number of nitrogens with zero attached hydrogens (tertiary/aromatic N) is 2. The summed E-state index contributed by atoms with van der Waals surface area (Å²) in [5, 5.41) is 0. The lowest BCUT2D eigenvalue weighted by molar-refractivity contribution is -0.137. The summed E-state index contributed by atoms with van der Waals surface area (Å²) < 4.78 is 40.3. The molecule has 1 aliphatic rings. The van der Waals surface area contributed by atoms with E-state index in [1.54, 1.807) is 6.07 Å². The number of imidazole rings is 1. The number of aromatic nitrogens is 2. The largest absolute Gasteiger partial charge is 0.416 e. The zero-order chi connectivity index (χ0) is 14.3. The Morgan fingerprint density at radius 2 is 2.10 bits per heavy atom. The standard InChI is InChI=1S/C15H15F3N2/c1-10-5-6-14-19-13(9-20(14)8-10)11-3-2-4-12(7-11)15(16,17)18/h2-4,7,9-10H,5-6,8H2,1H3. The molecule has 1 atom stereocenters. The molecule has 106 valence electrons. The van der Waals surface area contributed by atoms with Crippen LogP contribution in [0.1, 0.15) is 24.7 Å². The molecule has 0 bridgehead atoms. The summed E-state index contributed by atoms with van der Waals surface area (Å²) in [5.74, 6) is 1.56. The van der Waals surface area contributed by atoms with Crippen molar-refractivity contribution in [2.24, 2.45) is 5.92 Å². The van der Waals surface area contributed by atoms with E-state index in [9.17, 15) is 13.2 Å². The fraction of sp³-hybridized carbons (Fsp3) is 0.400. The second kappa shape index (κ2) is 4.65. The molecule has 0 amide bonds. The van der Waals surface area contributed by atoms with Crippen LogP contribution in [0.15, 0.2) is 30.5 Å². The number of hydrogen-bond acceptors (Lipinski definition) is 1. The molecule has 20 heavy (non-hydrogen) atoms. The molecule has 3 rings (SSSR count). The van der Waals surface area contributed by atoms with Gasteiger partial charge >= 0.3 is 6.18 Å². The van der Waals surface area contributed by atoms with Crippen molar-refractivity contribution in [3.8, 4) is 11.3 Å². The first-order valence-corrected chi connectivity index (χ1v) is 6.67. The number of benzene rings is 1. The fourth-order valence-corrected chi connectivity index (χ4v) is 2.61. The van der Waals surface area contributed by atoms with Crippen LogP contribution in [0.25, 0.3) is 11.3 Å². The fourth-order valence-electron chi connectivity index (χ4n) is 2.61. The van der Waals surface area contributed by atoms with Crippen LogP contribution in [-0.2, 0) is 19.1 Å². The summed E-state index contributed by atoms with van der Waals surface area (Å²) in [5.41, 5.74) is 0.518. The number of hydrogen-bond donors (Lipinski definition) is 0. The molecule has 2 aromatic rings. The van der Waals surface area contributed by atoms with Gasteiger partial charge in [-0.25, -0.2) is 4.98 Å². The third kappa shape index (κ3) is 2.44. The van der Waals surface area contributed by atoms with Gasteiger partial charge in [-0.1, -0.05) is 19.1 Å². The van der Waals surface area contributed by atoms with Gasteiger partial charge in [0.05, 0.1) is 11.3 Å². The van der Waals surface area contributed by atoms with Crippen molar-refractivity contribution >= 4 is 0 Å². The molecule has 0 N–H and O–H groups in total. The van der Waals surface area contributed by atoms with Gasteiger partial charge in [-0.3, -0.25) is 0 Å². The molecule has 1 aromatic carbocycles. The van der Waals surface area contributed by atoms with E-state index >= 15 is 0 Å². The lowest BCUT2D eigenvalue weighted by Gasteiger charge is -2.19. The van der Waals surface area contributed by atoms with Crippen molar-refractivity contribution in [1.29, 1.82) is 0 Å². The maximum absolute atomic E-state index is 12.7. The minimum atomic E-state index is -4.32. The van der Waals surface area contributed by atoms with Crippen molar-refractivity contribution in [3.63, 3.8) is 0 Å². The second-order valence-electron chi connectivity index (χ2n) is 5.42. The Bertz CT molecular complexity index is 628. The number of alkyl halides is 3. The topological polar surface area (TPSA) is 17.8 Å². The van der Waals surface area contributed by atoms with Crippen LogP contribution in [0, 0.1) is 5.92 Å². The van der Waals surface area contributed by atoms with Crippen LogP contribution in [-0.4, -0.2) is 9.55 Å². The highest BCUT2D eigenvalue weighted by Gasteiger charge is 2.30. The van der Waals surface area contributed by atoms with Gasteiger partial charge in [0.15, 0.2) is 0 Å². The first kappa shape index (κ1) is 13.2. The van der Waals surface area contributed by atoms with E-state index in [1.807, 2.05) is 6.20 Å². The SMILES string of the molecule is CC1CCc2nc(-c3cccc(C(F)(F)F)c3)cn2C1. The van der Waals surface area contributed by atoms with E-state index < -0.39 is 11.7 Å². The molecule has 0 aliphatic carbocycles. The summed E-state index contributed by atoms with van der Waals surface area (Å²) in [4.78, 5) is 4.47. The number of halogens is 3. The Balaban J connectivity index is 1.98. The second-order valence-corrected chi connectivity index (χ2v) is 5.42. The highest BCUT2D eigenvalue weighted by Crippen LogP contribution is 2.32. The monoisotopic (exact) mass is 280 g/mol. The van der Waals surface area contributed by atoms with Crippen LogP contribution in [0.5, 0.6) is 0 Å². The highest BCUT2D eigenvalue weighted by molar-refractivity contribution is 5.60. The third-order valence-corrected chi connectivity index (χ3v) is 3.71. The van der Waals surface area contributed by atoms with Crippen LogP contribution < -0.4 is 0 Å². The van der Waals surface area contributed by atoms with E-state index in [4.69, 9.17) is 0 Å². The predicted octanol–water partition coefficient (Wildman–Crippen LogP) is 4.15. The number of aryl methyl sites for hydroxylation is 1. The van der Waals surface area contributed by atoms with E-state index in [0.29, 0.717) is 17.2 Å². The molecule has 0 radical (unpaired) electrons. The molecule has 0 fully saturated rings. The van der Waals surface area contributed by atoms with Gasteiger partial charge in [-0.05, 0) is 24.5 Å². The molecule has 1 aliphatic heterocycles. The smallest absolute Gasteiger partial charge is 0.334 e. The molecule has 0 spiro atoms. The summed E-state index contributed by atoms with van der Waals surface area (Å²) in [6, 6.07) is 5.35. The molecule has 2 nitrogen and oxygen atoms in total. The van der Waals surface area contributed by atoms with Gasteiger partial charge in [0, 0.05) is 24.7 Å². The van der Waals surface area contributed by atoms with Crippen LogP contribution in [0.4, 0.5) is 13.2 Å². The Hall–Kier alpha value is -1.78. The average Bonchev–Trinajstić information content (AvgIpc) is 2.81. The van der Waals surface area contributed by atoms with Gasteiger partial charge < -0.3 is 4.57 Å². The number of fused-ring (bicyclic) bond motifs is 1. The Morgan fingerprint density at radius 1 is 1.30 bits per heavy atom. The lowest BCUT2D eigenvalue weighted by Crippen LogP contribution is -2.17. The summed E-state index contributed by atoms with van der Waals surface area (Å²) in [7, 11) is 0. The molecule has 1 aromatic heterocycles. The summed E-state index contributed by atoms with van der Waals surface area (Å²) in [6.07, 6.45) is -0.483. The molecule has 2 heterocycles. The van der Waals surface area contributed by atoms with E-state index in [2.05, 4.69) is 16.5 Å². The zero-order valence-corrected chi connectivity index (χ0v) is 11.1. The molecule has 1 unspecified atom stereocenters. The molecule has 0 saturated carbocycles. The normalized spacial score (nSPS) is 18.9. The Morgan fingerprint density at radius 3 is 2.85 bits per heavy atom. The van der Waals surface area contributed by atoms with E-state index in [-0.39, 0.29) is 0 Å². The van der Waals surface area contributed by atoms with Crippen LogP contribution in [0.2, 0.25) is 0 Å². The van der Waals surface area contributed by atoms with Crippen molar-refractivity contribution in [2.45, 2.75) is 32.5 Å². The molecule has 0 saturated heterocycles. The molecular formula is C15H15F3N2. The van der Waals surface area contributed by atoms with Crippen molar-refractivity contribution in [1.82, 2.24) is 9.55 Å². The van der Waals surface area contributed by atoms with Gasteiger partial charge in [0.1, 0.15) is 5.82 Å². The van der Waals surface area contributed by atoms with E-state index in [0.717, 1.165) is 37.3 Å². The maximum atomic E-state index is 12.7. The van der Waals surface area contributed by atoms with Gasteiger partial charge in [-0.15, -0.1) is 0 Å². The maximum Gasteiger partial charge on any atom is 0.416 e. The summed E-state index contributed by atoms with van der Waals surface area (Å²) >= 11 is 0. The highest BCUT2D eigenvalue weighted by atomic mass is 19.4. The predicted molar refractivity (Wildman–Crippen MR) is 70.2 cm³/mol. The quantitative estimate of drug-likeness (QED) is 0.767. The van der Waals surface area contributed by atoms with Gasteiger partial charge in [0.2, 0.25) is 0 Å². The minimum Gasteiger partial charge on any atom is -0.334 e. The lowest BCUT2D eigenvalue weighted by atomic mass is 10.0. The number of rotatable bonds is 1. The Kier molecular flexibility index (Phi) is 3.07. The van der Waals surface area contributed by atoms with Crippen LogP contribution >= 0.6 is 0 Å². The first-order valence-electron chi connectivity index (χ1n) is 6.67. The van der Waals surface area contributed by atoms with Crippen molar-refractivity contribution in [2.75, 3.05) is 0 Å². The van der Waals surface area contributed by atoms with Gasteiger partial charge in [-0.2, -0.15) is 13.2 Å². The summed E-state index contributed by atoms with van der Waals surface area (Å²) in [6.45, 7) is 3.06. The minimum absolute atomic E-state index is 0.523. The average molecular weight is 280 g/mol. The van der Waals surface area contributed by atoms with Gasteiger partial charge in [0.25, 0.3) is 0 Å². The first-order chi connectivity index (χ1) is 9.43. The zero-order valence-electron chi connectivity index (χ0n) is 11.1. The van der Waals surface area contributed by atoms with E-state index in [1.165, 1.54) is 6.07 Å². The van der Waals surface area contributed by atoms with Crippen molar-refractivity contribution < 1.29 is 13.2 Å². The molecular weight excluding hydrogens is 265 g/mol. The van der Waals surface area contributed by atoms with Crippen LogP contribution in [0.3, 0.4) is 0 Å². The molecule has 5 heteroatoms. The Labute approximate surface area is 115 Å².